The third kappa shape index (κ3) is 4.46. The van der Waals surface area contributed by atoms with Gasteiger partial charge in [0.2, 0.25) is 0 Å². The van der Waals surface area contributed by atoms with E-state index in [2.05, 4.69) is 13.8 Å². The van der Waals surface area contributed by atoms with Gasteiger partial charge in [-0.2, -0.15) is 0 Å². The molecule has 0 heterocycles. The van der Waals surface area contributed by atoms with Crippen LogP contribution in [0.2, 0.25) is 0 Å². The highest BCUT2D eigenvalue weighted by Crippen LogP contribution is 2.38. The van der Waals surface area contributed by atoms with Crippen molar-refractivity contribution < 1.29 is 14.3 Å². The number of hydrogen-bond donors (Lipinski definition) is 1. The average molecular weight is 271 g/mol. The van der Waals surface area contributed by atoms with Gasteiger partial charge in [-0.1, -0.05) is 13.8 Å². The maximum atomic E-state index is 11.7. The smallest absolute Gasteiger partial charge is 0.334 e. The van der Waals surface area contributed by atoms with Crippen LogP contribution in [0.1, 0.15) is 53.4 Å². The number of carbonyl (C=O) groups excluding carboxylic acids is 1. The summed E-state index contributed by atoms with van der Waals surface area (Å²) in [7, 11) is 0. The average Bonchev–Trinajstić information content (AvgIpc) is 2.39. The number of nitrogens with two attached hydrogens (primary N) is 1. The van der Waals surface area contributed by atoms with Gasteiger partial charge >= 0.3 is 5.97 Å². The van der Waals surface area contributed by atoms with Crippen LogP contribution in [-0.2, 0) is 14.3 Å². The largest absolute Gasteiger partial charge is 0.464 e. The first-order chi connectivity index (χ1) is 8.94. The molecular weight excluding hydrogens is 242 g/mol. The van der Waals surface area contributed by atoms with Gasteiger partial charge in [-0.15, -0.1) is 0 Å². The lowest BCUT2D eigenvalue weighted by molar-refractivity contribution is -0.172. The molecule has 0 bridgehead atoms. The van der Waals surface area contributed by atoms with Crippen LogP contribution in [0.25, 0.3) is 0 Å². The van der Waals surface area contributed by atoms with Gasteiger partial charge < -0.3 is 15.2 Å². The molecule has 1 rings (SSSR count). The first-order valence-corrected chi connectivity index (χ1v) is 7.48. The summed E-state index contributed by atoms with van der Waals surface area (Å²) in [6.07, 6.45) is 3.61. The molecule has 2 N–H and O–H groups in total. The van der Waals surface area contributed by atoms with Crippen molar-refractivity contribution in [3.8, 4) is 0 Å². The fourth-order valence-electron chi connectivity index (χ4n) is 2.89. The highest BCUT2D eigenvalue weighted by molar-refractivity contribution is 5.74. The molecule has 0 aromatic carbocycles. The van der Waals surface area contributed by atoms with E-state index in [0.717, 1.165) is 31.6 Å². The Kier molecular flexibility index (Phi) is 6.27. The number of carbonyl (C=O) groups is 1. The van der Waals surface area contributed by atoms with Crippen molar-refractivity contribution in [1.82, 2.24) is 0 Å². The topological polar surface area (TPSA) is 61.5 Å². The molecule has 0 saturated heterocycles. The van der Waals surface area contributed by atoms with Gasteiger partial charge in [-0.25, -0.2) is 4.79 Å². The van der Waals surface area contributed by atoms with E-state index in [0.29, 0.717) is 19.1 Å². The summed E-state index contributed by atoms with van der Waals surface area (Å²) in [5.74, 6) is 1.17. The summed E-state index contributed by atoms with van der Waals surface area (Å²) >= 11 is 0. The molecule has 1 atom stereocenters. The quantitative estimate of drug-likeness (QED) is 0.754. The van der Waals surface area contributed by atoms with Gasteiger partial charge in [0.15, 0.2) is 6.10 Å². The molecule has 1 aliphatic carbocycles. The zero-order valence-corrected chi connectivity index (χ0v) is 12.8. The van der Waals surface area contributed by atoms with Crippen molar-refractivity contribution in [2.75, 3.05) is 13.2 Å². The maximum absolute atomic E-state index is 11.7. The minimum absolute atomic E-state index is 0.290. The number of esters is 1. The SMILES string of the molecule is CCOC(=O)C(C)OC1(CN)CCC(C(C)C)CC1. The fraction of sp³-hybridized carbons (Fsp3) is 0.933. The van der Waals surface area contributed by atoms with Crippen molar-refractivity contribution in [3.63, 3.8) is 0 Å². The zero-order chi connectivity index (χ0) is 14.5. The first-order valence-electron chi connectivity index (χ1n) is 7.48. The van der Waals surface area contributed by atoms with Gasteiger partial charge in [0.05, 0.1) is 12.2 Å². The summed E-state index contributed by atoms with van der Waals surface area (Å²) in [6, 6.07) is 0. The zero-order valence-electron chi connectivity index (χ0n) is 12.8. The van der Waals surface area contributed by atoms with Crippen LogP contribution < -0.4 is 5.73 Å². The van der Waals surface area contributed by atoms with Gasteiger partial charge in [0.25, 0.3) is 0 Å². The van der Waals surface area contributed by atoms with E-state index >= 15 is 0 Å². The Bertz CT molecular complexity index is 283. The highest BCUT2D eigenvalue weighted by atomic mass is 16.6. The molecule has 1 saturated carbocycles. The van der Waals surface area contributed by atoms with E-state index < -0.39 is 6.10 Å². The highest BCUT2D eigenvalue weighted by Gasteiger charge is 2.38. The van der Waals surface area contributed by atoms with Crippen LogP contribution in [0, 0.1) is 11.8 Å². The van der Waals surface area contributed by atoms with Crippen LogP contribution in [0.3, 0.4) is 0 Å². The van der Waals surface area contributed by atoms with Crippen LogP contribution in [0.5, 0.6) is 0 Å². The second kappa shape index (κ2) is 7.25. The Hall–Kier alpha value is -0.610. The van der Waals surface area contributed by atoms with Crippen LogP contribution in [0.15, 0.2) is 0 Å². The van der Waals surface area contributed by atoms with Crippen molar-refractivity contribution in [1.29, 1.82) is 0 Å². The fourth-order valence-corrected chi connectivity index (χ4v) is 2.89. The van der Waals surface area contributed by atoms with E-state index in [4.69, 9.17) is 15.2 Å². The molecule has 0 spiro atoms. The minimum atomic E-state index is -0.529. The first kappa shape index (κ1) is 16.4. The molecular formula is C15H29NO3. The van der Waals surface area contributed by atoms with Gasteiger partial charge in [0, 0.05) is 6.54 Å². The molecule has 112 valence electrons. The van der Waals surface area contributed by atoms with E-state index in [-0.39, 0.29) is 11.6 Å². The molecule has 19 heavy (non-hydrogen) atoms. The second-order valence-corrected chi connectivity index (χ2v) is 5.98. The molecule has 1 unspecified atom stereocenters. The second-order valence-electron chi connectivity index (χ2n) is 5.98. The van der Waals surface area contributed by atoms with E-state index in [9.17, 15) is 4.79 Å². The third-order valence-corrected chi connectivity index (χ3v) is 4.30. The lowest BCUT2D eigenvalue weighted by Gasteiger charge is -2.41. The van der Waals surface area contributed by atoms with E-state index in [1.807, 2.05) is 0 Å². The van der Waals surface area contributed by atoms with Crippen LogP contribution in [0.4, 0.5) is 0 Å². The molecule has 0 aliphatic heterocycles. The van der Waals surface area contributed by atoms with E-state index in [1.165, 1.54) is 0 Å². The number of ether oxygens (including phenoxy) is 2. The molecule has 4 nitrogen and oxygen atoms in total. The Morgan fingerprint density at radius 1 is 1.32 bits per heavy atom. The van der Waals surface area contributed by atoms with Crippen molar-refractivity contribution in [2.24, 2.45) is 17.6 Å². The Morgan fingerprint density at radius 3 is 2.32 bits per heavy atom. The number of rotatable bonds is 6. The van der Waals surface area contributed by atoms with Crippen molar-refractivity contribution >= 4 is 5.97 Å². The predicted octanol–water partition coefficient (Wildman–Crippen LogP) is 2.50. The predicted molar refractivity (Wildman–Crippen MR) is 75.8 cm³/mol. The molecule has 0 radical (unpaired) electrons. The summed E-state index contributed by atoms with van der Waals surface area (Å²) in [6.45, 7) is 8.95. The Balaban J connectivity index is 2.56. The molecule has 0 aromatic rings. The third-order valence-electron chi connectivity index (χ3n) is 4.30. The van der Waals surface area contributed by atoms with Gasteiger partial charge in [0.1, 0.15) is 0 Å². The lowest BCUT2D eigenvalue weighted by atomic mass is 9.74. The monoisotopic (exact) mass is 271 g/mol. The van der Waals surface area contributed by atoms with Crippen molar-refractivity contribution in [2.45, 2.75) is 65.1 Å². The van der Waals surface area contributed by atoms with Crippen LogP contribution in [-0.4, -0.2) is 30.8 Å². The standard InChI is InChI=1S/C15H29NO3/c1-5-18-14(17)12(4)19-15(10-16)8-6-13(7-9-15)11(2)3/h11-13H,5-10,16H2,1-4H3. The maximum Gasteiger partial charge on any atom is 0.334 e. The lowest BCUT2D eigenvalue weighted by Crippen LogP contribution is -2.48. The molecule has 0 aromatic heterocycles. The molecule has 1 fully saturated rings. The summed E-state index contributed by atoms with van der Waals surface area (Å²) < 4.78 is 11.0. The summed E-state index contributed by atoms with van der Waals surface area (Å²) in [5, 5.41) is 0. The van der Waals surface area contributed by atoms with Crippen molar-refractivity contribution in [3.05, 3.63) is 0 Å². The van der Waals surface area contributed by atoms with E-state index in [1.54, 1.807) is 13.8 Å². The number of hydrogen-bond acceptors (Lipinski definition) is 4. The van der Waals surface area contributed by atoms with Gasteiger partial charge in [-0.05, 0) is 51.4 Å². The molecule has 4 heteroatoms. The van der Waals surface area contributed by atoms with Crippen LogP contribution >= 0.6 is 0 Å². The Morgan fingerprint density at radius 2 is 1.89 bits per heavy atom. The summed E-state index contributed by atoms with van der Waals surface area (Å²) in [5.41, 5.74) is 5.57. The summed E-state index contributed by atoms with van der Waals surface area (Å²) in [4.78, 5) is 11.7. The van der Waals surface area contributed by atoms with Gasteiger partial charge in [-0.3, -0.25) is 0 Å². The Labute approximate surface area is 117 Å². The normalized spacial score (nSPS) is 29.3. The molecule has 0 amide bonds. The minimum Gasteiger partial charge on any atom is -0.464 e. The molecule has 1 aliphatic rings.